The normalized spacial score (nSPS) is 22.9. The van der Waals surface area contributed by atoms with Gasteiger partial charge in [-0.2, -0.15) is 0 Å². The highest BCUT2D eigenvalue weighted by Crippen LogP contribution is 2.24. The van der Waals surface area contributed by atoms with Crippen molar-refractivity contribution in [2.24, 2.45) is 5.92 Å². The zero-order valence-electron chi connectivity index (χ0n) is 10.5. The summed E-state index contributed by atoms with van der Waals surface area (Å²) in [5, 5.41) is 12.3. The Morgan fingerprint density at radius 1 is 1.50 bits per heavy atom. The zero-order valence-corrected chi connectivity index (χ0v) is 10.5. The Balaban J connectivity index is 1.63. The lowest BCUT2D eigenvalue weighted by Crippen LogP contribution is -2.28. The number of nitrogens with one attached hydrogen (secondary N) is 1. The Kier molecular flexibility index (Phi) is 4.70. The Labute approximate surface area is 107 Å². The van der Waals surface area contributed by atoms with Gasteiger partial charge in [0.05, 0.1) is 6.10 Å². The third-order valence-corrected chi connectivity index (χ3v) is 3.46. The maximum Gasteiger partial charge on any atom is 0.220 e. The largest absolute Gasteiger partial charge is 0.393 e. The number of aromatic nitrogens is 1. The van der Waals surface area contributed by atoms with Gasteiger partial charge in [0, 0.05) is 25.4 Å². The minimum absolute atomic E-state index is 0.0836. The molecule has 1 saturated carbocycles. The van der Waals surface area contributed by atoms with Crippen molar-refractivity contribution in [2.75, 3.05) is 6.54 Å². The molecule has 98 valence electrons. The highest BCUT2D eigenvalue weighted by molar-refractivity contribution is 5.76. The molecule has 0 saturated heterocycles. The molecule has 1 amide bonds. The Morgan fingerprint density at radius 2 is 2.39 bits per heavy atom. The van der Waals surface area contributed by atoms with E-state index in [9.17, 15) is 9.90 Å². The number of pyridine rings is 1. The van der Waals surface area contributed by atoms with Crippen molar-refractivity contribution < 1.29 is 9.90 Å². The van der Waals surface area contributed by atoms with Crippen molar-refractivity contribution in [2.45, 2.75) is 38.2 Å². The molecule has 1 aliphatic carbocycles. The van der Waals surface area contributed by atoms with Crippen LogP contribution in [0.2, 0.25) is 0 Å². The molecule has 2 N–H and O–H groups in total. The van der Waals surface area contributed by atoms with E-state index in [-0.39, 0.29) is 12.0 Å². The number of aliphatic hydroxyl groups is 1. The molecule has 2 unspecified atom stereocenters. The number of carbonyl (C=O) groups is 1. The van der Waals surface area contributed by atoms with Gasteiger partial charge < -0.3 is 10.4 Å². The Hall–Kier alpha value is -1.42. The van der Waals surface area contributed by atoms with Crippen molar-refractivity contribution in [3.8, 4) is 0 Å². The van der Waals surface area contributed by atoms with Gasteiger partial charge in [-0.15, -0.1) is 0 Å². The molecular weight excluding hydrogens is 228 g/mol. The van der Waals surface area contributed by atoms with Gasteiger partial charge in [0.2, 0.25) is 5.91 Å². The first kappa shape index (κ1) is 13.0. The van der Waals surface area contributed by atoms with Crippen LogP contribution < -0.4 is 5.32 Å². The molecule has 1 heterocycles. The maximum atomic E-state index is 11.7. The molecule has 0 aliphatic heterocycles. The average molecular weight is 248 g/mol. The van der Waals surface area contributed by atoms with Crippen molar-refractivity contribution in [1.82, 2.24) is 10.3 Å². The van der Waals surface area contributed by atoms with Crippen LogP contribution in [-0.4, -0.2) is 28.6 Å². The summed E-state index contributed by atoms with van der Waals surface area (Å²) < 4.78 is 0. The number of nitrogens with zero attached hydrogens (tertiary/aromatic N) is 1. The lowest BCUT2D eigenvalue weighted by atomic mass is 10.1. The van der Waals surface area contributed by atoms with Gasteiger partial charge in [-0.3, -0.25) is 9.78 Å². The predicted octanol–water partition coefficient (Wildman–Crippen LogP) is 1.29. The van der Waals surface area contributed by atoms with E-state index in [0.717, 1.165) is 31.2 Å². The summed E-state index contributed by atoms with van der Waals surface area (Å²) >= 11 is 0. The summed E-state index contributed by atoms with van der Waals surface area (Å²) in [6.45, 7) is 0.697. The minimum Gasteiger partial charge on any atom is -0.393 e. The summed E-state index contributed by atoms with van der Waals surface area (Å²) in [5.74, 6) is 0.530. The first-order chi connectivity index (χ1) is 8.74. The molecule has 2 atom stereocenters. The average Bonchev–Trinajstić information content (AvgIpc) is 2.81. The van der Waals surface area contributed by atoms with Crippen molar-refractivity contribution in [3.05, 3.63) is 30.1 Å². The third-order valence-electron chi connectivity index (χ3n) is 3.46. The molecule has 1 aromatic rings. The van der Waals surface area contributed by atoms with Gasteiger partial charge in [0.25, 0.3) is 0 Å². The summed E-state index contributed by atoms with van der Waals surface area (Å²) in [4.78, 5) is 15.7. The Morgan fingerprint density at radius 3 is 3.06 bits per heavy atom. The van der Waals surface area contributed by atoms with Crippen LogP contribution in [0.4, 0.5) is 0 Å². The fourth-order valence-electron chi connectivity index (χ4n) is 2.38. The molecule has 4 nitrogen and oxygen atoms in total. The van der Waals surface area contributed by atoms with E-state index in [1.165, 1.54) is 0 Å². The van der Waals surface area contributed by atoms with Crippen LogP contribution >= 0.6 is 0 Å². The van der Waals surface area contributed by atoms with Gasteiger partial charge in [-0.1, -0.05) is 6.07 Å². The molecule has 1 aromatic heterocycles. The number of rotatable bonds is 5. The molecule has 4 heteroatoms. The number of aliphatic hydroxyl groups excluding tert-OH is 1. The van der Waals surface area contributed by atoms with Crippen LogP contribution in [0, 0.1) is 5.92 Å². The van der Waals surface area contributed by atoms with E-state index in [0.29, 0.717) is 18.9 Å². The molecule has 1 aliphatic rings. The van der Waals surface area contributed by atoms with Crippen LogP contribution in [0.25, 0.3) is 0 Å². The first-order valence-corrected chi connectivity index (χ1v) is 6.57. The van der Waals surface area contributed by atoms with Crippen LogP contribution in [0.15, 0.2) is 24.5 Å². The number of amides is 1. The molecule has 0 aromatic carbocycles. The summed E-state index contributed by atoms with van der Waals surface area (Å²) in [6, 6.07) is 3.86. The van der Waals surface area contributed by atoms with Gasteiger partial charge in [-0.05, 0) is 43.2 Å². The number of aryl methyl sites for hydroxylation is 1. The smallest absolute Gasteiger partial charge is 0.220 e. The third kappa shape index (κ3) is 4.11. The number of hydrogen-bond donors (Lipinski definition) is 2. The van der Waals surface area contributed by atoms with E-state index in [2.05, 4.69) is 10.3 Å². The van der Waals surface area contributed by atoms with Gasteiger partial charge >= 0.3 is 0 Å². The van der Waals surface area contributed by atoms with E-state index in [4.69, 9.17) is 0 Å². The molecule has 0 bridgehead atoms. The SMILES string of the molecule is O=C(CCc1cccnc1)NCC1CCC(O)C1. The number of carbonyl (C=O) groups excluding carboxylic acids is 1. The zero-order chi connectivity index (χ0) is 12.8. The summed E-state index contributed by atoms with van der Waals surface area (Å²) in [6.07, 6.45) is 7.30. The van der Waals surface area contributed by atoms with E-state index in [1.54, 1.807) is 12.4 Å². The van der Waals surface area contributed by atoms with E-state index in [1.807, 2.05) is 12.1 Å². The van der Waals surface area contributed by atoms with Crippen molar-refractivity contribution >= 4 is 5.91 Å². The molecule has 2 rings (SSSR count). The van der Waals surface area contributed by atoms with Crippen molar-refractivity contribution in [1.29, 1.82) is 0 Å². The van der Waals surface area contributed by atoms with Crippen LogP contribution in [0.5, 0.6) is 0 Å². The first-order valence-electron chi connectivity index (χ1n) is 6.57. The molecule has 0 radical (unpaired) electrons. The molecular formula is C14H20N2O2. The maximum absolute atomic E-state index is 11.7. The van der Waals surface area contributed by atoms with Gasteiger partial charge in [0.1, 0.15) is 0 Å². The quantitative estimate of drug-likeness (QED) is 0.825. The monoisotopic (exact) mass is 248 g/mol. The van der Waals surface area contributed by atoms with Crippen molar-refractivity contribution in [3.63, 3.8) is 0 Å². The lowest BCUT2D eigenvalue weighted by molar-refractivity contribution is -0.121. The van der Waals surface area contributed by atoms with Crippen LogP contribution in [0.3, 0.4) is 0 Å². The van der Waals surface area contributed by atoms with Crippen LogP contribution in [0.1, 0.15) is 31.2 Å². The number of hydrogen-bond acceptors (Lipinski definition) is 3. The second kappa shape index (κ2) is 6.50. The Bertz CT molecular complexity index is 381. The standard InChI is InChI=1S/C14H20N2O2/c17-13-5-3-12(8-13)10-16-14(18)6-4-11-2-1-7-15-9-11/h1-2,7,9,12-13,17H,3-6,8,10H2,(H,16,18). The fraction of sp³-hybridized carbons (Fsp3) is 0.571. The topological polar surface area (TPSA) is 62.2 Å². The van der Waals surface area contributed by atoms with Crippen LogP contribution in [-0.2, 0) is 11.2 Å². The minimum atomic E-state index is -0.165. The van der Waals surface area contributed by atoms with E-state index >= 15 is 0 Å². The van der Waals surface area contributed by atoms with E-state index < -0.39 is 0 Å². The summed E-state index contributed by atoms with van der Waals surface area (Å²) in [5.41, 5.74) is 1.09. The highest BCUT2D eigenvalue weighted by Gasteiger charge is 2.22. The molecule has 1 fully saturated rings. The predicted molar refractivity (Wildman–Crippen MR) is 68.9 cm³/mol. The fourth-order valence-corrected chi connectivity index (χ4v) is 2.38. The molecule has 0 spiro atoms. The second-order valence-corrected chi connectivity index (χ2v) is 5.00. The summed E-state index contributed by atoms with van der Waals surface area (Å²) in [7, 11) is 0. The van der Waals surface area contributed by atoms with Gasteiger partial charge in [0.15, 0.2) is 0 Å². The second-order valence-electron chi connectivity index (χ2n) is 5.00. The molecule has 18 heavy (non-hydrogen) atoms. The highest BCUT2D eigenvalue weighted by atomic mass is 16.3. The van der Waals surface area contributed by atoms with Gasteiger partial charge in [-0.25, -0.2) is 0 Å². The lowest BCUT2D eigenvalue weighted by Gasteiger charge is -2.10.